The highest BCUT2D eigenvalue weighted by Crippen LogP contribution is 2.26. The summed E-state index contributed by atoms with van der Waals surface area (Å²) in [4.78, 5) is 22.7. The van der Waals surface area contributed by atoms with Gasteiger partial charge >= 0.3 is 0 Å². The summed E-state index contributed by atoms with van der Waals surface area (Å²) in [7, 11) is 1.67. The number of methoxy groups -OCH3 is 1. The molecule has 188 valence electrons. The minimum absolute atomic E-state index is 0.130. The van der Waals surface area contributed by atoms with Crippen LogP contribution in [0.2, 0.25) is 0 Å². The number of aliphatic hydroxyl groups is 1. The van der Waals surface area contributed by atoms with Crippen molar-refractivity contribution in [2.75, 3.05) is 26.9 Å². The zero-order valence-electron chi connectivity index (χ0n) is 20.8. The number of nitrogens with zero attached hydrogens (tertiary/aromatic N) is 5. The number of fused-ring (bicyclic) bond motifs is 1. The first-order valence-corrected chi connectivity index (χ1v) is 12.2. The van der Waals surface area contributed by atoms with E-state index in [1.165, 1.54) is 0 Å². The maximum Gasteiger partial charge on any atom is 0.261 e. The van der Waals surface area contributed by atoms with Crippen molar-refractivity contribution in [2.45, 2.75) is 45.4 Å². The van der Waals surface area contributed by atoms with Crippen LogP contribution in [0.15, 0.2) is 47.9 Å². The molecule has 4 heterocycles. The number of rotatable bonds is 7. The summed E-state index contributed by atoms with van der Waals surface area (Å²) in [6.45, 7) is 6.11. The molecule has 4 aromatic rings. The molecule has 1 saturated heterocycles. The van der Waals surface area contributed by atoms with Crippen LogP contribution in [-0.4, -0.2) is 62.5 Å². The third-order valence-electron chi connectivity index (χ3n) is 7.07. The average Bonchev–Trinajstić information content (AvgIpc) is 3.36. The lowest BCUT2D eigenvalue weighted by Gasteiger charge is -2.29. The zero-order valence-corrected chi connectivity index (χ0v) is 20.8. The highest BCUT2D eigenvalue weighted by atomic mass is 16.5. The van der Waals surface area contributed by atoms with Crippen molar-refractivity contribution in [1.82, 2.24) is 24.3 Å². The second-order valence-electron chi connectivity index (χ2n) is 9.35. The van der Waals surface area contributed by atoms with Crippen LogP contribution in [-0.2, 0) is 22.4 Å². The molecule has 0 spiro atoms. The van der Waals surface area contributed by atoms with E-state index in [0.29, 0.717) is 43.5 Å². The van der Waals surface area contributed by atoms with Crippen molar-refractivity contribution in [3.05, 3.63) is 75.7 Å². The van der Waals surface area contributed by atoms with E-state index in [-0.39, 0.29) is 18.2 Å². The molecule has 2 atom stereocenters. The number of aliphatic hydroxyl groups excluding tert-OH is 1. The summed E-state index contributed by atoms with van der Waals surface area (Å²) in [5.74, 6) is 0. The number of aromatic nitrogens is 5. The lowest BCUT2D eigenvalue weighted by atomic mass is 9.95. The fraction of sp³-hybridized carbons (Fsp3) is 0.407. The van der Waals surface area contributed by atoms with Gasteiger partial charge in [-0.3, -0.25) is 19.0 Å². The van der Waals surface area contributed by atoms with Gasteiger partial charge in [-0.05, 0) is 61.1 Å². The molecule has 0 unspecified atom stereocenters. The van der Waals surface area contributed by atoms with Crippen molar-refractivity contribution >= 4 is 10.9 Å². The third-order valence-corrected chi connectivity index (χ3v) is 7.07. The van der Waals surface area contributed by atoms with Gasteiger partial charge in [-0.1, -0.05) is 6.07 Å². The summed E-state index contributed by atoms with van der Waals surface area (Å²) in [6.07, 6.45) is 7.72. The van der Waals surface area contributed by atoms with Crippen LogP contribution in [0.4, 0.5) is 0 Å². The SMILES string of the molecule is COCCn1cc(-c2ccc(Cc3cc4c(=O)n([C@H]5CCOC[C@@H]5O)cnc4c(C)c3C)cn2)cn1. The van der Waals surface area contributed by atoms with Crippen LogP contribution >= 0.6 is 0 Å². The van der Waals surface area contributed by atoms with Crippen LogP contribution in [0.1, 0.15) is 34.7 Å². The van der Waals surface area contributed by atoms with Crippen LogP contribution in [0.25, 0.3) is 22.2 Å². The molecule has 9 nitrogen and oxygen atoms in total. The molecule has 0 bridgehead atoms. The summed E-state index contributed by atoms with van der Waals surface area (Å²) < 4.78 is 13.9. The van der Waals surface area contributed by atoms with Gasteiger partial charge in [-0.25, -0.2) is 4.98 Å². The Bertz CT molecular complexity index is 1430. The molecule has 1 aliphatic heterocycles. The maximum atomic E-state index is 13.5. The molecule has 1 aliphatic rings. The van der Waals surface area contributed by atoms with Crippen LogP contribution in [0.3, 0.4) is 0 Å². The quantitative estimate of drug-likeness (QED) is 0.426. The molecular weight excluding hydrogens is 458 g/mol. The minimum atomic E-state index is -0.724. The molecule has 36 heavy (non-hydrogen) atoms. The summed E-state index contributed by atoms with van der Waals surface area (Å²) >= 11 is 0. The Hall–Kier alpha value is -3.40. The van der Waals surface area contributed by atoms with Crippen molar-refractivity contribution in [3.8, 4) is 11.3 Å². The Morgan fingerprint density at radius 1 is 1.19 bits per heavy atom. The van der Waals surface area contributed by atoms with E-state index in [1.807, 2.05) is 42.3 Å². The van der Waals surface area contributed by atoms with E-state index in [9.17, 15) is 9.90 Å². The van der Waals surface area contributed by atoms with Gasteiger partial charge in [0.15, 0.2) is 0 Å². The zero-order chi connectivity index (χ0) is 25.2. The molecule has 0 aliphatic carbocycles. The fourth-order valence-corrected chi connectivity index (χ4v) is 4.79. The lowest BCUT2D eigenvalue weighted by Crippen LogP contribution is -2.39. The number of hydrogen-bond acceptors (Lipinski definition) is 7. The van der Waals surface area contributed by atoms with E-state index in [0.717, 1.165) is 33.5 Å². The normalized spacial score (nSPS) is 18.1. The third kappa shape index (κ3) is 4.69. The molecule has 9 heteroatoms. The molecule has 0 saturated carbocycles. The topological polar surface area (TPSA) is 104 Å². The van der Waals surface area contributed by atoms with Gasteiger partial charge in [0.1, 0.15) is 0 Å². The molecule has 0 amide bonds. The second kappa shape index (κ2) is 10.3. The number of aryl methyl sites for hydroxylation is 1. The van der Waals surface area contributed by atoms with Crippen molar-refractivity contribution < 1.29 is 14.6 Å². The van der Waals surface area contributed by atoms with Crippen molar-refractivity contribution in [1.29, 1.82) is 0 Å². The smallest absolute Gasteiger partial charge is 0.261 e. The van der Waals surface area contributed by atoms with E-state index < -0.39 is 6.10 Å². The molecule has 5 rings (SSSR count). The summed E-state index contributed by atoms with van der Waals surface area (Å²) in [5, 5.41) is 15.3. The predicted octanol–water partition coefficient (Wildman–Crippen LogP) is 2.83. The first kappa shape index (κ1) is 24.3. The van der Waals surface area contributed by atoms with Crippen LogP contribution in [0.5, 0.6) is 0 Å². The van der Waals surface area contributed by atoms with E-state index in [1.54, 1.807) is 18.0 Å². The Labute approximate surface area is 209 Å². The van der Waals surface area contributed by atoms with Gasteiger partial charge in [0.05, 0.1) is 61.0 Å². The molecule has 1 N–H and O–H groups in total. The maximum absolute atomic E-state index is 13.5. The van der Waals surface area contributed by atoms with E-state index in [4.69, 9.17) is 9.47 Å². The number of ether oxygens (including phenoxy) is 2. The number of benzene rings is 1. The van der Waals surface area contributed by atoms with Crippen LogP contribution in [0, 0.1) is 13.8 Å². The summed E-state index contributed by atoms with van der Waals surface area (Å²) in [5.41, 5.74) is 6.61. The van der Waals surface area contributed by atoms with Gasteiger partial charge in [0, 0.05) is 31.7 Å². The largest absolute Gasteiger partial charge is 0.389 e. The first-order valence-electron chi connectivity index (χ1n) is 12.2. The Kier molecular flexibility index (Phi) is 6.95. The Morgan fingerprint density at radius 3 is 2.81 bits per heavy atom. The highest BCUT2D eigenvalue weighted by molar-refractivity contribution is 5.83. The lowest BCUT2D eigenvalue weighted by molar-refractivity contribution is -0.0395. The number of pyridine rings is 1. The van der Waals surface area contributed by atoms with Gasteiger partial charge < -0.3 is 14.6 Å². The van der Waals surface area contributed by atoms with E-state index in [2.05, 4.69) is 28.1 Å². The fourth-order valence-electron chi connectivity index (χ4n) is 4.79. The summed E-state index contributed by atoms with van der Waals surface area (Å²) in [6, 6.07) is 5.68. The van der Waals surface area contributed by atoms with Crippen LogP contribution < -0.4 is 5.56 Å². The Morgan fingerprint density at radius 2 is 2.06 bits per heavy atom. The van der Waals surface area contributed by atoms with E-state index >= 15 is 0 Å². The molecule has 1 aromatic carbocycles. The molecule has 0 radical (unpaired) electrons. The van der Waals surface area contributed by atoms with Gasteiger partial charge in [-0.15, -0.1) is 0 Å². The monoisotopic (exact) mass is 489 g/mol. The second-order valence-corrected chi connectivity index (χ2v) is 9.35. The highest BCUT2D eigenvalue weighted by Gasteiger charge is 2.27. The minimum Gasteiger partial charge on any atom is -0.389 e. The molecule has 3 aromatic heterocycles. The van der Waals surface area contributed by atoms with Crippen molar-refractivity contribution in [2.24, 2.45) is 0 Å². The standard InChI is InChI=1S/C27H31N5O4/c1-17-18(2)26-22(27(34)32(16-29-26)24-6-8-36-15-25(24)33)11-20(17)10-19-4-5-23(28-12-19)21-13-30-31(14-21)7-9-35-3/h4-5,11-14,16,24-25,33H,6-10,15H2,1-3H3/t24-,25-/m0/s1. The molecule has 1 fully saturated rings. The predicted molar refractivity (Wildman–Crippen MR) is 136 cm³/mol. The van der Waals surface area contributed by atoms with Gasteiger partial charge in [-0.2, -0.15) is 5.10 Å². The Balaban J connectivity index is 1.43. The molecular formula is C27H31N5O4. The van der Waals surface area contributed by atoms with Crippen molar-refractivity contribution in [3.63, 3.8) is 0 Å². The number of hydrogen-bond donors (Lipinski definition) is 1. The van der Waals surface area contributed by atoms with Gasteiger partial charge in [0.2, 0.25) is 0 Å². The average molecular weight is 490 g/mol. The first-order chi connectivity index (χ1) is 17.5. The van der Waals surface area contributed by atoms with Gasteiger partial charge in [0.25, 0.3) is 5.56 Å².